The van der Waals surface area contributed by atoms with Crippen molar-refractivity contribution in [2.24, 2.45) is 0 Å². The van der Waals surface area contributed by atoms with Gasteiger partial charge in [-0.1, -0.05) is 5.92 Å². The Morgan fingerprint density at radius 2 is 2.42 bits per heavy atom. The summed E-state index contributed by atoms with van der Waals surface area (Å²) < 4.78 is 5.01. The average molecular weight is 167 g/mol. The van der Waals surface area contributed by atoms with Crippen LogP contribution < -0.4 is 5.32 Å². The predicted molar refractivity (Wildman–Crippen MR) is 45.6 cm³/mol. The zero-order chi connectivity index (χ0) is 8.97. The highest BCUT2D eigenvalue weighted by atomic mass is 16.6. The van der Waals surface area contributed by atoms with E-state index in [2.05, 4.69) is 11.2 Å². The molecule has 0 aliphatic heterocycles. The summed E-state index contributed by atoms with van der Waals surface area (Å²) >= 11 is 0. The summed E-state index contributed by atoms with van der Waals surface area (Å²) in [6, 6.07) is -0.252. The molecule has 1 saturated carbocycles. The third-order valence-electron chi connectivity index (χ3n) is 1.91. The van der Waals surface area contributed by atoms with Crippen molar-refractivity contribution in [2.75, 3.05) is 0 Å². The molecule has 0 aromatic rings. The van der Waals surface area contributed by atoms with E-state index in [4.69, 9.17) is 11.2 Å². The molecule has 1 aliphatic carbocycles. The first kappa shape index (κ1) is 8.92. The van der Waals surface area contributed by atoms with Crippen molar-refractivity contribution >= 4 is 6.09 Å². The quantitative estimate of drug-likeness (QED) is 0.629. The van der Waals surface area contributed by atoms with Crippen molar-refractivity contribution < 1.29 is 9.53 Å². The number of amides is 1. The largest absolute Gasteiger partial charge is 0.446 e. The highest BCUT2D eigenvalue weighted by molar-refractivity contribution is 5.68. The van der Waals surface area contributed by atoms with Crippen molar-refractivity contribution in [3.05, 3.63) is 0 Å². The number of hydrogen-bond acceptors (Lipinski definition) is 2. The second kappa shape index (κ2) is 4.01. The highest BCUT2D eigenvalue weighted by Gasteiger charge is 2.21. The lowest BCUT2D eigenvalue weighted by molar-refractivity contribution is 0.0518. The lowest BCUT2D eigenvalue weighted by Gasteiger charge is -2.25. The molecule has 0 aromatic carbocycles. The smallest absolute Gasteiger partial charge is 0.408 e. The number of terminal acetylenes is 1. The SMILES string of the molecule is C#CC(C)NC(=O)OC1CCC1. The van der Waals surface area contributed by atoms with Gasteiger partial charge in [-0.15, -0.1) is 6.42 Å². The molecule has 1 fully saturated rings. The van der Waals surface area contributed by atoms with Crippen LogP contribution >= 0.6 is 0 Å². The van der Waals surface area contributed by atoms with Gasteiger partial charge in [-0.25, -0.2) is 4.79 Å². The van der Waals surface area contributed by atoms with Crippen LogP contribution in [0, 0.1) is 12.3 Å². The van der Waals surface area contributed by atoms with E-state index in [1.54, 1.807) is 6.92 Å². The van der Waals surface area contributed by atoms with Gasteiger partial charge in [0, 0.05) is 0 Å². The fourth-order valence-corrected chi connectivity index (χ4v) is 0.892. The van der Waals surface area contributed by atoms with E-state index >= 15 is 0 Å². The molecule has 12 heavy (non-hydrogen) atoms. The van der Waals surface area contributed by atoms with Gasteiger partial charge >= 0.3 is 6.09 Å². The van der Waals surface area contributed by atoms with Gasteiger partial charge in [0.05, 0.1) is 6.04 Å². The van der Waals surface area contributed by atoms with Gasteiger partial charge in [0.2, 0.25) is 0 Å². The molecule has 66 valence electrons. The number of hydrogen-bond donors (Lipinski definition) is 1. The molecule has 1 rings (SSSR count). The van der Waals surface area contributed by atoms with Gasteiger partial charge in [0.25, 0.3) is 0 Å². The van der Waals surface area contributed by atoms with E-state index in [9.17, 15) is 4.79 Å². The monoisotopic (exact) mass is 167 g/mol. The average Bonchev–Trinajstić information content (AvgIpc) is 1.97. The van der Waals surface area contributed by atoms with E-state index in [-0.39, 0.29) is 12.1 Å². The Morgan fingerprint density at radius 1 is 1.75 bits per heavy atom. The first-order valence-electron chi connectivity index (χ1n) is 4.15. The Balaban J connectivity index is 2.15. The van der Waals surface area contributed by atoms with Gasteiger partial charge in [-0.2, -0.15) is 0 Å². The molecular weight excluding hydrogens is 154 g/mol. The van der Waals surface area contributed by atoms with Crippen LogP contribution in [0.3, 0.4) is 0 Å². The first-order valence-corrected chi connectivity index (χ1v) is 4.15. The van der Waals surface area contributed by atoms with Gasteiger partial charge < -0.3 is 10.1 Å². The number of carbonyl (C=O) groups is 1. The molecule has 1 atom stereocenters. The van der Waals surface area contributed by atoms with Gasteiger partial charge in [0.15, 0.2) is 0 Å². The maximum absolute atomic E-state index is 11.0. The zero-order valence-electron chi connectivity index (χ0n) is 7.17. The maximum atomic E-state index is 11.0. The summed E-state index contributed by atoms with van der Waals surface area (Å²) in [5.74, 6) is 2.39. The summed E-state index contributed by atoms with van der Waals surface area (Å²) in [7, 11) is 0. The molecule has 0 aromatic heterocycles. The molecule has 1 aliphatic rings. The van der Waals surface area contributed by atoms with Gasteiger partial charge in [0.1, 0.15) is 6.10 Å². The van der Waals surface area contributed by atoms with Gasteiger partial charge in [-0.3, -0.25) is 0 Å². The number of ether oxygens (including phenoxy) is 1. The molecule has 0 heterocycles. The summed E-state index contributed by atoms with van der Waals surface area (Å²) in [4.78, 5) is 11.0. The molecule has 3 heteroatoms. The summed E-state index contributed by atoms with van der Waals surface area (Å²) in [6.45, 7) is 1.74. The Labute approximate surface area is 72.5 Å². The normalized spacial score (nSPS) is 18.7. The summed E-state index contributed by atoms with van der Waals surface area (Å²) in [5.41, 5.74) is 0. The topological polar surface area (TPSA) is 38.3 Å². The highest BCUT2D eigenvalue weighted by Crippen LogP contribution is 2.21. The van der Waals surface area contributed by atoms with Crippen LogP contribution in [0.2, 0.25) is 0 Å². The fraction of sp³-hybridized carbons (Fsp3) is 0.667. The predicted octanol–water partition coefficient (Wildman–Crippen LogP) is 1.29. The number of alkyl carbamates (subject to hydrolysis) is 1. The van der Waals surface area contributed by atoms with Crippen molar-refractivity contribution in [2.45, 2.75) is 38.3 Å². The third kappa shape index (κ3) is 2.46. The van der Waals surface area contributed by atoms with E-state index in [0.717, 1.165) is 19.3 Å². The number of carbonyl (C=O) groups excluding carboxylic acids is 1. The molecule has 0 bridgehead atoms. The van der Waals surface area contributed by atoms with E-state index in [1.807, 2.05) is 0 Å². The summed E-state index contributed by atoms with van der Waals surface area (Å²) in [6.07, 6.45) is 7.92. The van der Waals surface area contributed by atoms with Crippen LogP contribution in [-0.4, -0.2) is 18.2 Å². The molecule has 0 spiro atoms. The van der Waals surface area contributed by atoms with E-state index in [1.165, 1.54) is 0 Å². The minimum atomic E-state index is -0.398. The Kier molecular flexibility index (Phi) is 2.98. The molecule has 1 amide bonds. The summed E-state index contributed by atoms with van der Waals surface area (Å²) in [5, 5.41) is 2.53. The minimum Gasteiger partial charge on any atom is -0.446 e. The Hall–Kier alpha value is -1.17. The van der Waals surface area contributed by atoms with Gasteiger partial charge in [-0.05, 0) is 26.2 Å². The lowest BCUT2D eigenvalue weighted by atomic mass is 9.96. The van der Waals surface area contributed by atoms with Crippen LogP contribution in [0.15, 0.2) is 0 Å². The second-order valence-corrected chi connectivity index (χ2v) is 2.99. The molecule has 3 nitrogen and oxygen atoms in total. The number of nitrogens with one attached hydrogen (secondary N) is 1. The van der Waals surface area contributed by atoms with Crippen LogP contribution in [0.5, 0.6) is 0 Å². The molecule has 0 saturated heterocycles. The third-order valence-corrected chi connectivity index (χ3v) is 1.91. The van der Waals surface area contributed by atoms with Crippen LogP contribution in [0.25, 0.3) is 0 Å². The van der Waals surface area contributed by atoms with Crippen LogP contribution in [0.4, 0.5) is 4.79 Å². The lowest BCUT2D eigenvalue weighted by Crippen LogP contribution is -2.36. The molecule has 1 unspecified atom stereocenters. The van der Waals surface area contributed by atoms with Crippen LogP contribution in [0.1, 0.15) is 26.2 Å². The molecule has 0 radical (unpaired) electrons. The number of rotatable bonds is 2. The van der Waals surface area contributed by atoms with E-state index < -0.39 is 6.09 Å². The minimum absolute atomic E-state index is 0.120. The van der Waals surface area contributed by atoms with E-state index in [0.29, 0.717) is 0 Å². The van der Waals surface area contributed by atoms with Crippen molar-refractivity contribution in [3.63, 3.8) is 0 Å². The molecule has 1 N–H and O–H groups in total. The Bertz CT molecular complexity index is 203. The zero-order valence-corrected chi connectivity index (χ0v) is 7.17. The maximum Gasteiger partial charge on any atom is 0.408 e. The van der Waals surface area contributed by atoms with Crippen molar-refractivity contribution in [1.82, 2.24) is 5.32 Å². The first-order chi connectivity index (χ1) is 5.72. The van der Waals surface area contributed by atoms with Crippen LogP contribution in [-0.2, 0) is 4.74 Å². The van der Waals surface area contributed by atoms with Crippen molar-refractivity contribution in [3.8, 4) is 12.3 Å². The molecular formula is C9H13NO2. The second-order valence-electron chi connectivity index (χ2n) is 2.99. The Morgan fingerprint density at radius 3 is 2.83 bits per heavy atom. The van der Waals surface area contributed by atoms with Crippen molar-refractivity contribution in [1.29, 1.82) is 0 Å². The standard InChI is InChI=1S/C9H13NO2/c1-3-7(2)10-9(11)12-8-5-4-6-8/h1,7-8H,4-6H2,2H3,(H,10,11). The fourth-order valence-electron chi connectivity index (χ4n) is 0.892.